The van der Waals surface area contributed by atoms with Crippen molar-refractivity contribution < 1.29 is 19.1 Å². The summed E-state index contributed by atoms with van der Waals surface area (Å²) >= 11 is 6.09. The number of hydrogen-bond donors (Lipinski definition) is 1. The third-order valence-electron chi connectivity index (χ3n) is 4.15. The molecule has 1 saturated heterocycles. The van der Waals surface area contributed by atoms with Gasteiger partial charge in [-0.05, 0) is 48.9 Å². The molecule has 7 heteroatoms. The zero-order valence-corrected chi connectivity index (χ0v) is 14.9. The van der Waals surface area contributed by atoms with Gasteiger partial charge in [0.15, 0.2) is 0 Å². The second-order valence-corrected chi connectivity index (χ2v) is 6.24. The number of nitrogens with one attached hydrogen (secondary N) is 1. The van der Waals surface area contributed by atoms with Gasteiger partial charge in [0.2, 0.25) is 5.91 Å². The van der Waals surface area contributed by atoms with Crippen LogP contribution in [0.4, 0.5) is 11.4 Å². The largest absolute Gasteiger partial charge is 0.465 e. The third-order valence-corrected chi connectivity index (χ3v) is 4.48. The molecule has 6 nitrogen and oxygen atoms in total. The van der Waals surface area contributed by atoms with Gasteiger partial charge in [0.05, 0.1) is 23.4 Å². The Kier molecular flexibility index (Phi) is 5.23. The molecular weight excluding hydrogens is 356 g/mol. The van der Waals surface area contributed by atoms with Crippen LogP contribution < -0.4 is 10.2 Å². The quantitative estimate of drug-likeness (QED) is 0.833. The summed E-state index contributed by atoms with van der Waals surface area (Å²) in [7, 11) is 1.28. The summed E-state index contributed by atoms with van der Waals surface area (Å²) in [5, 5.41) is 2.99. The Morgan fingerprint density at radius 1 is 1.12 bits per heavy atom. The number of hydrogen-bond acceptors (Lipinski definition) is 4. The lowest BCUT2D eigenvalue weighted by Gasteiger charge is -2.16. The lowest BCUT2D eigenvalue weighted by Crippen LogP contribution is -2.23. The van der Waals surface area contributed by atoms with Crippen LogP contribution in [-0.4, -0.2) is 31.4 Å². The third kappa shape index (κ3) is 3.70. The molecule has 0 radical (unpaired) electrons. The van der Waals surface area contributed by atoms with Crippen LogP contribution in [0.2, 0.25) is 5.02 Å². The van der Waals surface area contributed by atoms with Crippen molar-refractivity contribution in [2.24, 2.45) is 0 Å². The summed E-state index contributed by atoms with van der Waals surface area (Å²) in [5.74, 6) is -0.793. The lowest BCUT2D eigenvalue weighted by molar-refractivity contribution is -0.117. The Labute approximate surface area is 155 Å². The summed E-state index contributed by atoms with van der Waals surface area (Å²) in [6, 6.07) is 11.3. The maximum absolute atomic E-state index is 12.4. The predicted molar refractivity (Wildman–Crippen MR) is 98.8 cm³/mol. The summed E-state index contributed by atoms with van der Waals surface area (Å²) in [6.45, 7) is 0.695. The molecule has 0 aliphatic carbocycles. The van der Waals surface area contributed by atoms with Gasteiger partial charge in [-0.1, -0.05) is 11.6 Å². The van der Waals surface area contributed by atoms with E-state index in [1.165, 1.54) is 25.3 Å². The van der Waals surface area contributed by atoms with Crippen LogP contribution in [0, 0.1) is 0 Å². The fraction of sp³-hybridized carbons (Fsp3) is 0.211. The molecule has 1 heterocycles. The molecule has 1 aliphatic heterocycles. The van der Waals surface area contributed by atoms with Gasteiger partial charge in [-0.2, -0.15) is 0 Å². The molecule has 3 rings (SSSR count). The minimum Gasteiger partial charge on any atom is -0.465 e. The van der Waals surface area contributed by atoms with Crippen LogP contribution in [0.25, 0.3) is 0 Å². The number of halogens is 1. The SMILES string of the molecule is COC(=O)c1ccc(Cl)c(NC(=O)c2ccc(N3CCCC3=O)cc2)c1. The fourth-order valence-electron chi connectivity index (χ4n) is 2.77. The number of amides is 2. The van der Waals surface area contributed by atoms with Gasteiger partial charge in [-0.3, -0.25) is 9.59 Å². The molecule has 0 bridgehead atoms. The van der Waals surface area contributed by atoms with Crippen LogP contribution in [0.3, 0.4) is 0 Å². The molecule has 2 aromatic carbocycles. The maximum atomic E-state index is 12.4. The van der Waals surface area contributed by atoms with Gasteiger partial charge >= 0.3 is 5.97 Å². The Balaban J connectivity index is 1.76. The first-order valence-corrected chi connectivity index (χ1v) is 8.47. The second kappa shape index (κ2) is 7.58. The predicted octanol–water partition coefficient (Wildman–Crippen LogP) is 3.51. The number of anilines is 2. The van der Waals surface area contributed by atoms with Crippen molar-refractivity contribution >= 4 is 40.8 Å². The van der Waals surface area contributed by atoms with Crippen molar-refractivity contribution in [2.45, 2.75) is 12.8 Å². The highest BCUT2D eigenvalue weighted by Crippen LogP contribution is 2.25. The number of benzene rings is 2. The number of nitrogens with zero attached hydrogens (tertiary/aromatic N) is 1. The molecule has 26 heavy (non-hydrogen) atoms. The highest BCUT2D eigenvalue weighted by atomic mass is 35.5. The van der Waals surface area contributed by atoms with E-state index in [1.807, 2.05) is 0 Å². The molecule has 134 valence electrons. The van der Waals surface area contributed by atoms with Gasteiger partial charge in [0.1, 0.15) is 0 Å². The minimum absolute atomic E-state index is 0.0913. The van der Waals surface area contributed by atoms with Crippen molar-refractivity contribution in [3.63, 3.8) is 0 Å². The standard InChI is InChI=1S/C19H17ClN2O4/c1-26-19(25)13-6-9-15(20)16(11-13)21-18(24)12-4-7-14(8-5-12)22-10-2-3-17(22)23/h4-9,11H,2-3,10H2,1H3,(H,21,24). The number of rotatable bonds is 4. The Bertz CT molecular complexity index is 864. The van der Waals surface area contributed by atoms with E-state index >= 15 is 0 Å². The summed E-state index contributed by atoms with van der Waals surface area (Å²) in [6.07, 6.45) is 1.40. The van der Waals surface area contributed by atoms with Crippen molar-refractivity contribution in [1.29, 1.82) is 0 Å². The van der Waals surface area contributed by atoms with Crippen LogP contribution >= 0.6 is 11.6 Å². The fourth-order valence-corrected chi connectivity index (χ4v) is 2.94. The molecule has 0 atom stereocenters. The monoisotopic (exact) mass is 372 g/mol. The number of carbonyl (C=O) groups excluding carboxylic acids is 3. The van der Waals surface area contributed by atoms with Gasteiger partial charge in [-0.15, -0.1) is 0 Å². The number of esters is 1. The lowest BCUT2D eigenvalue weighted by atomic mass is 10.1. The average molecular weight is 373 g/mol. The van der Waals surface area contributed by atoms with Gasteiger partial charge in [0.25, 0.3) is 5.91 Å². The molecular formula is C19H17ClN2O4. The van der Waals surface area contributed by atoms with E-state index in [-0.39, 0.29) is 17.4 Å². The smallest absolute Gasteiger partial charge is 0.337 e. The van der Waals surface area contributed by atoms with Crippen LogP contribution in [0.15, 0.2) is 42.5 Å². The average Bonchev–Trinajstić information content (AvgIpc) is 3.09. The first kappa shape index (κ1) is 17.9. The second-order valence-electron chi connectivity index (χ2n) is 5.84. The van der Waals surface area contributed by atoms with Crippen molar-refractivity contribution in [1.82, 2.24) is 0 Å². The number of carbonyl (C=O) groups is 3. The first-order chi connectivity index (χ1) is 12.5. The van der Waals surface area contributed by atoms with Gasteiger partial charge in [0, 0.05) is 24.2 Å². The molecule has 0 saturated carbocycles. The summed E-state index contributed by atoms with van der Waals surface area (Å²) in [4.78, 5) is 37.5. The molecule has 2 aromatic rings. The number of ether oxygens (including phenoxy) is 1. The van der Waals surface area contributed by atoms with E-state index < -0.39 is 5.97 Å². The van der Waals surface area contributed by atoms with Crippen LogP contribution in [0.5, 0.6) is 0 Å². The number of methoxy groups -OCH3 is 1. The van der Waals surface area contributed by atoms with Crippen molar-refractivity contribution in [2.75, 3.05) is 23.9 Å². The van der Waals surface area contributed by atoms with E-state index in [1.54, 1.807) is 29.2 Å². The maximum Gasteiger partial charge on any atom is 0.337 e. The molecule has 1 aliphatic rings. The highest BCUT2D eigenvalue weighted by Gasteiger charge is 2.21. The Morgan fingerprint density at radius 3 is 2.42 bits per heavy atom. The first-order valence-electron chi connectivity index (χ1n) is 8.09. The van der Waals surface area contributed by atoms with Gasteiger partial charge in [-0.25, -0.2) is 4.79 Å². The molecule has 0 spiro atoms. The summed E-state index contributed by atoms with van der Waals surface area (Å²) in [5.41, 5.74) is 1.79. The zero-order chi connectivity index (χ0) is 18.7. The molecule has 1 N–H and O–H groups in total. The highest BCUT2D eigenvalue weighted by molar-refractivity contribution is 6.34. The van der Waals surface area contributed by atoms with Crippen molar-refractivity contribution in [3.05, 3.63) is 58.6 Å². The van der Waals surface area contributed by atoms with Crippen LogP contribution in [0.1, 0.15) is 33.6 Å². The van der Waals surface area contributed by atoms with E-state index in [2.05, 4.69) is 10.1 Å². The minimum atomic E-state index is -0.517. The molecule has 0 unspecified atom stereocenters. The van der Waals surface area contributed by atoms with E-state index in [0.717, 1.165) is 12.1 Å². The Hall–Kier alpha value is -2.86. The molecule has 0 aromatic heterocycles. The topological polar surface area (TPSA) is 75.7 Å². The summed E-state index contributed by atoms with van der Waals surface area (Å²) < 4.78 is 4.66. The normalized spacial score (nSPS) is 13.6. The van der Waals surface area contributed by atoms with E-state index in [4.69, 9.17) is 11.6 Å². The van der Waals surface area contributed by atoms with Crippen LogP contribution in [-0.2, 0) is 9.53 Å². The molecule has 2 amide bonds. The van der Waals surface area contributed by atoms with E-state index in [9.17, 15) is 14.4 Å². The van der Waals surface area contributed by atoms with Gasteiger partial charge < -0.3 is 15.0 Å². The van der Waals surface area contributed by atoms with Crippen molar-refractivity contribution in [3.8, 4) is 0 Å². The Morgan fingerprint density at radius 2 is 1.81 bits per heavy atom. The molecule has 1 fully saturated rings. The van der Waals surface area contributed by atoms with E-state index in [0.29, 0.717) is 29.2 Å². The zero-order valence-electron chi connectivity index (χ0n) is 14.1.